The quantitative estimate of drug-likeness (QED) is 0.723. The highest BCUT2D eigenvalue weighted by Gasteiger charge is 2.25. The van der Waals surface area contributed by atoms with Gasteiger partial charge in [-0.3, -0.25) is 15.5 Å². The van der Waals surface area contributed by atoms with Gasteiger partial charge in [0.05, 0.1) is 5.70 Å². The fraction of sp³-hybridized carbons (Fsp3) is 0.105. The SMILES string of the molecule is O=C(Nc1cccc(Cl)c1)C1=C(NO)/C(=C/c2ccccc2)CC1. The summed E-state index contributed by atoms with van der Waals surface area (Å²) < 4.78 is 0. The molecule has 0 heterocycles. The van der Waals surface area contributed by atoms with Crippen LogP contribution in [0.25, 0.3) is 6.08 Å². The Kier molecular flexibility index (Phi) is 4.99. The lowest BCUT2D eigenvalue weighted by Crippen LogP contribution is -2.18. The van der Waals surface area contributed by atoms with E-state index in [0.29, 0.717) is 34.8 Å². The molecule has 0 bridgehead atoms. The van der Waals surface area contributed by atoms with Crippen LogP contribution >= 0.6 is 11.6 Å². The number of allylic oxidation sites excluding steroid dienone is 1. The van der Waals surface area contributed by atoms with Gasteiger partial charge in [-0.25, -0.2) is 0 Å². The maximum atomic E-state index is 12.5. The van der Waals surface area contributed by atoms with Gasteiger partial charge in [0.15, 0.2) is 0 Å². The first-order chi connectivity index (χ1) is 11.7. The molecule has 0 radical (unpaired) electrons. The van der Waals surface area contributed by atoms with Crippen LogP contribution in [0.4, 0.5) is 5.69 Å². The molecular weight excluding hydrogens is 324 g/mol. The molecule has 24 heavy (non-hydrogen) atoms. The molecule has 0 unspecified atom stereocenters. The normalized spacial score (nSPS) is 15.7. The average Bonchev–Trinajstić information content (AvgIpc) is 2.98. The lowest BCUT2D eigenvalue weighted by Gasteiger charge is -2.09. The fourth-order valence-electron chi connectivity index (χ4n) is 2.74. The molecule has 0 atom stereocenters. The molecule has 0 aromatic heterocycles. The number of halogens is 1. The Morgan fingerprint density at radius 3 is 2.58 bits per heavy atom. The zero-order valence-electron chi connectivity index (χ0n) is 12.9. The van der Waals surface area contributed by atoms with Crippen molar-refractivity contribution in [2.45, 2.75) is 12.8 Å². The van der Waals surface area contributed by atoms with Gasteiger partial charge in [0, 0.05) is 16.3 Å². The van der Waals surface area contributed by atoms with Crippen LogP contribution in [0, 0.1) is 0 Å². The van der Waals surface area contributed by atoms with E-state index in [2.05, 4.69) is 10.8 Å². The van der Waals surface area contributed by atoms with Crippen LogP contribution in [0.15, 0.2) is 71.4 Å². The summed E-state index contributed by atoms with van der Waals surface area (Å²) in [6, 6.07) is 16.8. The van der Waals surface area contributed by atoms with Crippen LogP contribution in [-0.2, 0) is 4.79 Å². The molecule has 4 nitrogen and oxygen atoms in total. The van der Waals surface area contributed by atoms with Crippen molar-refractivity contribution in [2.75, 3.05) is 5.32 Å². The van der Waals surface area contributed by atoms with Gasteiger partial charge in [-0.05, 0) is 48.3 Å². The van der Waals surface area contributed by atoms with Crippen molar-refractivity contribution < 1.29 is 10.0 Å². The van der Waals surface area contributed by atoms with Crippen LogP contribution in [0.2, 0.25) is 5.02 Å². The summed E-state index contributed by atoms with van der Waals surface area (Å²) in [5, 5.41) is 12.9. The molecule has 1 aliphatic carbocycles. The van der Waals surface area contributed by atoms with Crippen molar-refractivity contribution in [3.8, 4) is 0 Å². The van der Waals surface area contributed by atoms with Crippen LogP contribution in [0.3, 0.4) is 0 Å². The van der Waals surface area contributed by atoms with Crippen molar-refractivity contribution in [1.82, 2.24) is 5.48 Å². The molecule has 2 aromatic carbocycles. The number of amides is 1. The zero-order chi connectivity index (χ0) is 16.9. The predicted molar refractivity (Wildman–Crippen MR) is 95.7 cm³/mol. The summed E-state index contributed by atoms with van der Waals surface area (Å²) >= 11 is 5.93. The lowest BCUT2D eigenvalue weighted by molar-refractivity contribution is -0.113. The molecule has 1 aliphatic rings. The van der Waals surface area contributed by atoms with Crippen molar-refractivity contribution in [3.05, 3.63) is 82.0 Å². The second-order valence-corrected chi connectivity index (χ2v) is 5.95. The van der Waals surface area contributed by atoms with E-state index < -0.39 is 0 Å². The third-order valence-electron chi connectivity index (χ3n) is 3.88. The first-order valence-corrected chi connectivity index (χ1v) is 8.01. The third kappa shape index (κ3) is 3.67. The maximum Gasteiger partial charge on any atom is 0.253 e. The fourth-order valence-corrected chi connectivity index (χ4v) is 2.93. The Morgan fingerprint density at radius 1 is 1.08 bits per heavy atom. The predicted octanol–water partition coefficient (Wildman–Crippen LogP) is 4.39. The number of hydroxylamine groups is 1. The summed E-state index contributed by atoms with van der Waals surface area (Å²) in [5.41, 5.74) is 5.74. The van der Waals surface area contributed by atoms with Crippen molar-refractivity contribution in [2.24, 2.45) is 0 Å². The maximum absolute atomic E-state index is 12.5. The number of nitrogens with one attached hydrogen (secondary N) is 2. The number of carbonyl (C=O) groups excluding carboxylic acids is 1. The van der Waals surface area contributed by atoms with Gasteiger partial charge in [-0.1, -0.05) is 48.0 Å². The minimum Gasteiger partial charge on any atom is -0.322 e. The smallest absolute Gasteiger partial charge is 0.253 e. The van der Waals surface area contributed by atoms with Crippen LogP contribution < -0.4 is 10.8 Å². The summed E-state index contributed by atoms with van der Waals surface area (Å²) in [6.45, 7) is 0. The van der Waals surface area contributed by atoms with E-state index >= 15 is 0 Å². The molecule has 0 fully saturated rings. The van der Waals surface area contributed by atoms with Crippen LogP contribution in [-0.4, -0.2) is 11.1 Å². The van der Waals surface area contributed by atoms with Gasteiger partial charge >= 0.3 is 0 Å². The lowest BCUT2D eigenvalue weighted by atomic mass is 10.1. The summed E-state index contributed by atoms with van der Waals surface area (Å²) in [6.07, 6.45) is 3.22. The third-order valence-corrected chi connectivity index (χ3v) is 4.11. The van der Waals surface area contributed by atoms with Gasteiger partial charge in [-0.15, -0.1) is 0 Å². The monoisotopic (exact) mass is 340 g/mol. The second kappa shape index (κ2) is 7.34. The number of anilines is 1. The number of carbonyl (C=O) groups is 1. The van der Waals surface area contributed by atoms with Crippen molar-refractivity contribution in [3.63, 3.8) is 0 Å². The molecule has 0 spiro atoms. The van der Waals surface area contributed by atoms with E-state index in [9.17, 15) is 10.0 Å². The molecule has 122 valence electrons. The number of rotatable bonds is 4. The Bertz CT molecular complexity index is 813. The van der Waals surface area contributed by atoms with Gasteiger partial charge in [0.25, 0.3) is 5.91 Å². The highest BCUT2D eigenvalue weighted by Crippen LogP contribution is 2.32. The molecule has 2 aromatic rings. The van der Waals surface area contributed by atoms with Gasteiger partial charge in [0.1, 0.15) is 0 Å². The molecule has 3 N–H and O–H groups in total. The van der Waals surface area contributed by atoms with Crippen LogP contribution in [0.5, 0.6) is 0 Å². The van der Waals surface area contributed by atoms with E-state index in [1.165, 1.54) is 0 Å². The van der Waals surface area contributed by atoms with E-state index in [-0.39, 0.29) is 5.91 Å². The minimum absolute atomic E-state index is 0.245. The van der Waals surface area contributed by atoms with Crippen molar-refractivity contribution in [1.29, 1.82) is 0 Å². The van der Waals surface area contributed by atoms with Crippen LogP contribution in [0.1, 0.15) is 18.4 Å². The Balaban J connectivity index is 1.84. The highest BCUT2D eigenvalue weighted by molar-refractivity contribution is 6.31. The summed E-state index contributed by atoms with van der Waals surface area (Å²) in [4.78, 5) is 12.5. The van der Waals surface area contributed by atoms with Gasteiger partial charge in [-0.2, -0.15) is 0 Å². The topological polar surface area (TPSA) is 61.4 Å². The Labute approximate surface area is 145 Å². The summed E-state index contributed by atoms with van der Waals surface area (Å²) in [7, 11) is 0. The highest BCUT2D eigenvalue weighted by atomic mass is 35.5. The van der Waals surface area contributed by atoms with E-state index in [1.807, 2.05) is 36.4 Å². The number of benzene rings is 2. The minimum atomic E-state index is -0.245. The van der Waals surface area contributed by atoms with Gasteiger partial charge in [0.2, 0.25) is 0 Å². The largest absolute Gasteiger partial charge is 0.322 e. The zero-order valence-corrected chi connectivity index (χ0v) is 13.7. The average molecular weight is 341 g/mol. The Morgan fingerprint density at radius 2 is 1.88 bits per heavy atom. The van der Waals surface area contributed by atoms with E-state index in [1.54, 1.807) is 24.3 Å². The standard InChI is InChI=1S/C19H17ClN2O2/c20-15-7-4-8-16(12-15)21-19(23)17-10-9-14(18(17)22-24)11-13-5-2-1-3-6-13/h1-8,11-12,22,24H,9-10H2,(H,21,23)/b14-11+. The molecule has 0 aliphatic heterocycles. The number of hydrogen-bond acceptors (Lipinski definition) is 3. The molecule has 0 saturated carbocycles. The second-order valence-electron chi connectivity index (χ2n) is 5.51. The van der Waals surface area contributed by atoms with E-state index in [4.69, 9.17) is 11.6 Å². The molecule has 5 heteroatoms. The molecular formula is C19H17ClN2O2. The van der Waals surface area contributed by atoms with Crippen molar-refractivity contribution >= 4 is 29.3 Å². The van der Waals surface area contributed by atoms with Gasteiger partial charge < -0.3 is 5.32 Å². The Hall–Kier alpha value is -2.56. The van der Waals surface area contributed by atoms with E-state index in [0.717, 1.165) is 11.1 Å². The molecule has 3 rings (SSSR count). The first kappa shape index (κ1) is 16.3. The number of hydrogen-bond donors (Lipinski definition) is 3. The first-order valence-electron chi connectivity index (χ1n) is 7.63. The summed E-state index contributed by atoms with van der Waals surface area (Å²) in [5.74, 6) is -0.245. The molecule has 0 saturated heterocycles. The molecule has 1 amide bonds.